The van der Waals surface area contributed by atoms with Crippen LogP contribution in [0.1, 0.15) is 25.3 Å². The van der Waals surface area contributed by atoms with E-state index in [1.54, 1.807) is 0 Å². The molecule has 0 amide bonds. The lowest BCUT2D eigenvalue weighted by Gasteiger charge is -2.33. The Balaban J connectivity index is 1.80. The molecule has 1 saturated heterocycles. The highest BCUT2D eigenvalue weighted by atomic mass is 16.3. The molecule has 0 saturated carbocycles. The highest BCUT2D eigenvalue weighted by molar-refractivity contribution is 5.16. The largest absolute Gasteiger partial charge is 0.390 e. The molecule has 3 nitrogen and oxygen atoms in total. The van der Waals surface area contributed by atoms with Crippen molar-refractivity contribution in [3.05, 3.63) is 35.9 Å². The number of aliphatic hydroxyl groups excluding tert-OH is 1. The molecular weight excluding hydrogens is 236 g/mol. The molecule has 1 aromatic rings. The van der Waals surface area contributed by atoms with Crippen molar-refractivity contribution in [3.63, 3.8) is 0 Å². The minimum Gasteiger partial charge on any atom is -0.390 e. The molecular formula is C16H26N2O. The number of piperidine rings is 1. The maximum absolute atomic E-state index is 10.3. The topological polar surface area (TPSA) is 49.5 Å². The SMILES string of the molecule is CC1CCCN(CC(O)C(N)Cc2ccccc2)C1. The van der Waals surface area contributed by atoms with Crippen LogP contribution in [0.25, 0.3) is 0 Å². The summed E-state index contributed by atoms with van der Waals surface area (Å²) >= 11 is 0. The summed E-state index contributed by atoms with van der Waals surface area (Å²) in [6, 6.07) is 9.98. The van der Waals surface area contributed by atoms with Crippen molar-refractivity contribution in [3.8, 4) is 0 Å². The summed E-state index contributed by atoms with van der Waals surface area (Å²) in [4.78, 5) is 2.35. The van der Waals surface area contributed by atoms with Crippen LogP contribution in [0.5, 0.6) is 0 Å². The number of nitrogens with zero attached hydrogens (tertiary/aromatic N) is 1. The molecule has 1 heterocycles. The van der Waals surface area contributed by atoms with Crippen LogP contribution in [0, 0.1) is 5.92 Å². The van der Waals surface area contributed by atoms with Crippen LogP contribution >= 0.6 is 0 Å². The van der Waals surface area contributed by atoms with Crippen molar-refractivity contribution in [1.82, 2.24) is 4.90 Å². The van der Waals surface area contributed by atoms with Crippen LogP contribution in [0.4, 0.5) is 0 Å². The van der Waals surface area contributed by atoms with Gasteiger partial charge in [-0.15, -0.1) is 0 Å². The Morgan fingerprint density at radius 1 is 1.37 bits per heavy atom. The number of rotatable bonds is 5. The van der Waals surface area contributed by atoms with Crippen molar-refractivity contribution < 1.29 is 5.11 Å². The van der Waals surface area contributed by atoms with Crippen LogP contribution in [0.2, 0.25) is 0 Å². The molecule has 3 heteroatoms. The van der Waals surface area contributed by atoms with E-state index in [2.05, 4.69) is 24.0 Å². The summed E-state index contributed by atoms with van der Waals surface area (Å²) in [5.41, 5.74) is 7.32. The van der Waals surface area contributed by atoms with E-state index in [4.69, 9.17) is 5.73 Å². The molecule has 1 aliphatic rings. The molecule has 0 aromatic heterocycles. The van der Waals surface area contributed by atoms with Gasteiger partial charge in [0.05, 0.1) is 6.10 Å². The van der Waals surface area contributed by atoms with Gasteiger partial charge in [0.15, 0.2) is 0 Å². The van der Waals surface area contributed by atoms with Gasteiger partial charge in [-0.25, -0.2) is 0 Å². The van der Waals surface area contributed by atoms with Crippen LogP contribution in [0.15, 0.2) is 30.3 Å². The fraction of sp³-hybridized carbons (Fsp3) is 0.625. The minimum absolute atomic E-state index is 0.181. The predicted molar refractivity (Wildman–Crippen MR) is 79.0 cm³/mol. The number of hydrogen-bond acceptors (Lipinski definition) is 3. The third-order valence-corrected chi connectivity index (χ3v) is 3.99. The lowest BCUT2D eigenvalue weighted by Crippen LogP contribution is -2.47. The quantitative estimate of drug-likeness (QED) is 0.848. The van der Waals surface area contributed by atoms with Gasteiger partial charge < -0.3 is 15.7 Å². The molecule has 106 valence electrons. The smallest absolute Gasteiger partial charge is 0.0820 e. The van der Waals surface area contributed by atoms with Crippen LogP contribution in [-0.4, -0.2) is 41.8 Å². The minimum atomic E-state index is -0.439. The van der Waals surface area contributed by atoms with E-state index in [0.717, 1.165) is 25.4 Å². The van der Waals surface area contributed by atoms with E-state index in [1.807, 2.05) is 18.2 Å². The summed E-state index contributed by atoms with van der Waals surface area (Å²) in [7, 11) is 0. The van der Waals surface area contributed by atoms with Gasteiger partial charge in [-0.1, -0.05) is 37.3 Å². The van der Waals surface area contributed by atoms with Gasteiger partial charge in [-0.2, -0.15) is 0 Å². The first-order valence-corrected chi connectivity index (χ1v) is 7.35. The van der Waals surface area contributed by atoms with Gasteiger partial charge in [0, 0.05) is 19.1 Å². The molecule has 1 fully saturated rings. The second kappa shape index (κ2) is 7.04. The van der Waals surface area contributed by atoms with Gasteiger partial charge in [0.1, 0.15) is 0 Å². The van der Waals surface area contributed by atoms with E-state index in [9.17, 15) is 5.11 Å². The van der Waals surface area contributed by atoms with Gasteiger partial charge in [0.25, 0.3) is 0 Å². The Labute approximate surface area is 116 Å². The Morgan fingerprint density at radius 3 is 2.79 bits per heavy atom. The zero-order valence-electron chi connectivity index (χ0n) is 11.8. The Morgan fingerprint density at radius 2 is 2.11 bits per heavy atom. The maximum Gasteiger partial charge on any atom is 0.0820 e. The molecule has 1 aromatic carbocycles. The van der Waals surface area contributed by atoms with E-state index in [1.165, 1.54) is 18.4 Å². The van der Waals surface area contributed by atoms with Crippen molar-refractivity contribution in [2.45, 2.75) is 38.3 Å². The normalized spacial score (nSPS) is 24.1. The molecule has 3 N–H and O–H groups in total. The molecule has 0 radical (unpaired) electrons. The molecule has 0 spiro atoms. The lowest BCUT2D eigenvalue weighted by molar-refractivity contribution is 0.0710. The second-order valence-electron chi connectivity index (χ2n) is 5.93. The van der Waals surface area contributed by atoms with Crippen LogP contribution in [0.3, 0.4) is 0 Å². The molecule has 19 heavy (non-hydrogen) atoms. The lowest BCUT2D eigenvalue weighted by atomic mass is 9.98. The number of benzene rings is 1. The van der Waals surface area contributed by atoms with Crippen molar-refractivity contribution in [2.75, 3.05) is 19.6 Å². The second-order valence-corrected chi connectivity index (χ2v) is 5.93. The highest BCUT2D eigenvalue weighted by Crippen LogP contribution is 2.16. The van der Waals surface area contributed by atoms with Gasteiger partial charge in [-0.3, -0.25) is 0 Å². The summed E-state index contributed by atoms with van der Waals surface area (Å²) in [6.45, 7) is 5.18. The molecule has 1 aliphatic heterocycles. The monoisotopic (exact) mass is 262 g/mol. The first-order valence-electron chi connectivity index (χ1n) is 7.35. The van der Waals surface area contributed by atoms with E-state index < -0.39 is 6.10 Å². The highest BCUT2D eigenvalue weighted by Gasteiger charge is 2.22. The van der Waals surface area contributed by atoms with Gasteiger partial charge >= 0.3 is 0 Å². The fourth-order valence-electron chi connectivity index (χ4n) is 2.87. The fourth-order valence-corrected chi connectivity index (χ4v) is 2.87. The number of hydrogen-bond donors (Lipinski definition) is 2. The van der Waals surface area contributed by atoms with Gasteiger partial charge in [-0.05, 0) is 37.3 Å². The summed E-state index contributed by atoms with van der Waals surface area (Å²) < 4.78 is 0. The summed E-state index contributed by atoms with van der Waals surface area (Å²) in [5, 5.41) is 10.3. The van der Waals surface area contributed by atoms with Crippen LogP contribution in [-0.2, 0) is 6.42 Å². The Bertz CT molecular complexity index is 368. The van der Waals surface area contributed by atoms with E-state index in [-0.39, 0.29) is 6.04 Å². The molecule has 3 atom stereocenters. The first kappa shape index (κ1) is 14.5. The maximum atomic E-state index is 10.3. The van der Waals surface area contributed by atoms with Crippen LogP contribution < -0.4 is 5.73 Å². The number of nitrogens with two attached hydrogens (primary N) is 1. The number of β-amino-alcohol motifs (C(OH)–C–C–N with tert-alkyl or cyclic N) is 1. The average Bonchev–Trinajstić information content (AvgIpc) is 2.40. The van der Waals surface area contributed by atoms with Crippen molar-refractivity contribution in [2.24, 2.45) is 11.7 Å². The molecule has 0 aliphatic carbocycles. The predicted octanol–water partition coefficient (Wildman–Crippen LogP) is 1.65. The first-order chi connectivity index (χ1) is 9.15. The summed E-state index contributed by atoms with van der Waals surface area (Å²) in [6.07, 6.45) is 2.85. The average molecular weight is 262 g/mol. The van der Waals surface area contributed by atoms with E-state index in [0.29, 0.717) is 6.54 Å². The third-order valence-electron chi connectivity index (χ3n) is 3.99. The molecule has 2 rings (SSSR count). The third kappa shape index (κ3) is 4.60. The zero-order valence-corrected chi connectivity index (χ0v) is 11.8. The Kier molecular flexibility index (Phi) is 5.37. The number of aliphatic hydroxyl groups is 1. The van der Waals surface area contributed by atoms with Crippen molar-refractivity contribution in [1.29, 1.82) is 0 Å². The Hall–Kier alpha value is -0.900. The molecule has 0 bridgehead atoms. The van der Waals surface area contributed by atoms with Gasteiger partial charge in [0.2, 0.25) is 0 Å². The standard InChI is InChI=1S/C16H26N2O/c1-13-6-5-9-18(11-13)12-16(19)15(17)10-14-7-3-2-4-8-14/h2-4,7-8,13,15-16,19H,5-6,9-12,17H2,1H3. The molecule has 3 unspecified atom stereocenters. The zero-order chi connectivity index (χ0) is 13.7. The van der Waals surface area contributed by atoms with E-state index >= 15 is 0 Å². The number of likely N-dealkylation sites (tertiary alicyclic amines) is 1. The summed E-state index contributed by atoms with van der Waals surface area (Å²) in [5.74, 6) is 0.742. The van der Waals surface area contributed by atoms with Crippen molar-refractivity contribution >= 4 is 0 Å².